The summed E-state index contributed by atoms with van der Waals surface area (Å²) in [4.78, 5) is 13.7. The number of morpholine rings is 1. The van der Waals surface area contributed by atoms with Crippen LogP contribution in [0.25, 0.3) is 0 Å². The van der Waals surface area contributed by atoms with Crippen LogP contribution in [-0.2, 0) is 16.7 Å². The van der Waals surface area contributed by atoms with Crippen molar-refractivity contribution in [2.75, 3.05) is 53.0 Å². The number of aliphatic imine (C=N–C) groups is 1. The van der Waals surface area contributed by atoms with Crippen molar-refractivity contribution in [3.63, 3.8) is 0 Å². The van der Waals surface area contributed by atoms with Gasteiger partial charge in [0, 0.05) is 45.2 Å². The monoisotopic (exact) mass is 363 g/mol. The van der Waals surface area contributed by atoms with E-state index >= 15 is 0 Å². The van der Waals surface area contributed by atoms with Crippen LogP contribution >= 0.6 is 0 Å². The molecule has 0 aliphatic carbocycles. The van der Waals surface area contributed by atoms with Crippen molar-refractivity contribution in [3.8, 4) is 0 Å². The summed E-state index contributed by atoms with van der Waals surface area (Å²) < 4.78 is 11.3. The highest BCUT2D eigenvalue weighted by Crippen LogP contribution is 2.23. The standard InChI is InChI=1S/C19H33N5O2/c1-19(2,3)16-11-21-17(26-16)12-22-18(20-4)24-6-5-15(14-24)13-23-7-9-25-10-8-23/h11,15H,5-10,12-14H2,1-4H3,(H,20,22). The molecule has 2 aliphatic rings. The van der Waals surface area contributed by atoms with Crippen LogP contribution in [0.2, 0.25) is 0 Å². The van der Waals surface area contributed by atoms with E-state index in [-0.39, 0.29) is 5.41 Å². The van der Waals surface area contributed by atoms with Gasteiger partial charge in [0.2, 0.25) is 5.89 Å². The molecule has 2 fully saturated rings. The lowest BCUT2D eigenvalue weighted by Crippen LogP contribution is -2.42. The molecule has 7 heteroatoms. The molecular weight excluding hydrogens is 330 g/mol. The predicted octanol–water partition coefficient (Wildman–Crippen LogP) is 1.70. The lowest BCUT2D eigenvalue weighted by Gasteiger charge is -2.29. The molecule has 7 nitrogen and oxygen atoms in total. The van der Waals surface area contributed by atoms with Crippen molar-refractivity contribution in [2.45, 2.75) is 39.2 Å². The maximum Gasteiger partial charge on any atom is 0.213 e. The van der Waals surface area contributed by atoms with Crippen molar-refractivity contribution < 1.29 is 9.15 Å². The van der Waals surface area contributed by atoms with Gasteiger partial charge >= 0.3 is 0 Å². The molecule has 0 radical (unpaired) electrons. The highest BCUT2D eigenvalue weighted by Gasteiger charge is 2.27. The van der Waals surface area contributed by atoms with E-state index in [9.17, 15) is 0 Å². The van der Waals surface area contributed by atoms with Gasteiger partial charge in [0.05, 0.1) is 26.0 Å². The van der Waals surface area contributed by atoms with Crippen molar-refractivity contribution in [3.05, 3.63) is 17.8 Å². The summed E-state index contributed by atoms with van der Waals surface area (Å²) >= 11 is 0. The van der Waals surface area contributed by atoms with Crippen LogP contribution in [0.15, 0.2) is 15.6 Å². The molecule has 2 saturated heterocycles. The highest BCUT2D eigenvalue weighted by atomic mass is 16.5. The number of ether oxygens (including phenoxy) is 1. The Labute approximate surface area is 156 Å². The molecule has 0 saturated carbocycles. The first-order chi connectivity index (χ1) is 12.5. The summed E-state index contributed by atoms with van der Waals surface area (Å²) in [5.41, 5.74) is -0.0193. The van der Waals surface area contributed by atoms with Crippen LogP contribution in [0, 0.1) is 5.92 Å². The van der Waals surface area contributed by atoms with E-state index in [0.29, 0.717) is 18.4 Å². The van der Waals surface area contributed by atoms with E-state index < -0.39 is 0 Å². The van der Waals surface area contributed by atoms with Crippen molar-refractivity contribution in [1.82, 2.24) is 20.1 Å². The van der Waals surface area contributed by atoms with Gasteiger partial charge in [0.25, 0.3) is 0 Å². The highest BCUT2D eigenvalue weighted by molar-refractivity contribution is 5.80. The second kappa shape index (κ2) is 8.39. The molecule has 146 valence electrons. The van der Waals surface area contributed by atoms with Gasteiger partial charge < -0.3 is 19.4 Å². The smallest absolute Gasteiger partial charge is 0.213 e. The van der Waals surface area contributed by atoms with E-state index in [1.54, 1.807) is 0 Å². The average molecular weight is 364 g/mol. The topological polar surface area (TPSA) is 66.1 Å². The average Bonchev–Trinajstić information content (AvgIpc) is 3.26. The fourth-order valence-electron chi connectivity index (χ4n) is 3.55. The van der Waals surface area contributed by atoms with Gasteiger partial charge in [-0.3, -0.25) is 9.89 Å². The SMILES string of the molecule is CN=C(NCc1ncc(C(C)(C)C)o1)N1CCC(CN2CCOCC2)C1. The number of nitrogens with zero attached hydrogens (tertiary/aromatic N) is 4. The Morgan fingerprint density at radius 1 is 1.31 bits per heavy atom. The first-order valence-corrected chi connectivity index (χ1v) is 9.66. The summed E-state index contributed by atoms with van der Waals surface area (Å²) in [6.07, 6.45) is 3.04. The molecule has 3 heterocycles. The number of nitrogens with one attached hydrogen (secondary N) is 1. The van der Waals surface area contributed by atoms with Crippen LogP contribution in [0.5, 0.6) is 0 Å². The van der Waals surface area contributed by atoms with E-state index in [1.165, 1.54) is 6.42 Å². The zero-order chi connectivity index (χ0) is 18.6. The fraction of sp³-hybridized carbons (Fsp3) is 0.789. The Morgan fingerprint density at radius 3 is 2.73 bits per heavy atom. The van der Waals surface area contributed by atoms with E-state index in [0.717, 1.165) is 57.7 Å². The van der Waals surface area contributed by atoms with E-state index in [2.05, 4.69) is 45.9 Å². The number of hydrogen-bond acceptors (Lipinski definition) is 5. The third kappa shape index (κ3) is 4.98. The molecular formula is C19H33N5O2. The lowest BCUT2D eigenvalue weighted by atomic mass is 9.94. The van der Waals surface area contributed by atoms with Crippen LogP contribution in [0.1, 0.15) is 38.8 Å². The largest absolute Gasteiger partial charge is 0.443 e. The molecule has 1 N–H and O–H groups in total. The third-order valence-corrected chi connectivity index (χ3v) is 5.11. The number of likely N-dealkylation sites (tertiary alicyclic amines) is 1. The first kappa shape index (κ1) is 19.2. The maximum atomic E-state index is 5.86. The molecule has 2 aliphatic heterocycles. The number of hydrogen-bond donors (Lipinski definition) is 1. The molecule has 1 aromatic rings. The van der Waals surface area contributed by atoms with Gasteiger partial charge in [-0.05, 0) is 12.3 Å². The summed E-state index contributed by atoms with van der Waals surface area (Å²) in [6, 6.07) is 0. The van der Waals surface area contributed by atoms with E-state index in [4.69, 9.17) is 9.15 Å². The fourth-order valence-corrected chi connectivity index (χ4v) is 3.55. The van der Waals surface area contributed by atoms with Crippen LogP contribution in [0.4, 0.5) is 0 Å². The van der Waals surface area contributed by atoms with Gasteiger partial charge in [-0.1, -0.05) is 20.8 Å². The molecule has 0 amide bonds. The van der Waals surface area contributed by atoms with Gasteiger partial charge in [-0.15, -0.1) is 0 Å². The summed E-state index contributed by atoms with van der Waals surface area (Å²) in [5.74, 6) is 3.25. The number of rotatable bonds is 4. The lowest BCUT2D eigenvalue weighted by molar-refractivity contribution is 0.0315. The predicted molar refractivity (Wildman–Crippen MR) is 102 cm³/mol. The van der Waals surface area contributed by atoms with E-state index in [1.807, 2.05) is 13.2 Å². The van der Waals surface area contributed by atoms with Crippen LogP contribution in [0.3, 0.4) is 0 Å². The van der Waals surface area contributed by atoms with Crippen molar-refractivity contribution >= 4 is 5.96 Å². The molecule has 0 spiro atoms. The molecule has 26 heavy (non-hydrogen) atoms. The second-order valence-electron chi connectivity index (χ2n) is 8.28. The normalized spacial score (nSPS) is 22.8. The first-order valence-electron chi connectivity index (χ1n) is 9.66. The molecule has 0 bridgehead atoms. The maximum absolute atomic E-state index is 5.86. The van der Waals surface area contributed by atoms with Crippen molar-refractivity contribution in [2.24, 2.45) is 10.9 Å². The number of aromatic nitrogens is 1. The zero-order valence-electron chi connectivity index (χ0n) is 16.6. The summed E-state index contributed by atoms with van der Waals surface area (Å²) in [6.45, 7) is 14.1. The van der Waals surface area contributed by atoms with Gasteiger partial charge in [0.1, 0.15) is 5.76 Å². The van der Waals surface area contributed by atoms with Gasteiger partial charge in [0.15, 0.2) is 5.96 Å². The Kier molecular flexibility index (Phi) is 6.19. The quantitative estimate of drug-likeness (QED) is 0.649. The molecule has 3 rings (SSSR count). The molecule has 1 aromatic heterocycles. The van der Waals surface area contributed by atoms with Gasteiger partial charge in [-0.2, -0.15) is 0 Å². The summed E-state index contributed by atoms with van der Waals surface area (Å²) in [5, 5.41) is 3.40. The number of oxazole rings is 1. The van der Waals surface area contributed by atoms with Crippen molar-refractivity contribution in [1.29, 1.82) is 0 Å². The molecule has 1 atom stereocenters. The Morgan fingerprint density at radius 2 is 2.08 bits per heavy atom. The minimum Gasteiger partial charge on any atom is -0.443 e. The minimum atomic E-state index is -0.0193. The molecule has 1 unspecified atom stereocenters. The zero-order valence-corrected chi connectivity index (χ0v) is 16.6. The van der Waals surface area contributed by atoms with Gasteiger partial charge in [-0.25, -0.2) is 4.98 Å². The minimum absolute atomic E-state index is 0.0193. The third-order valence-electron chi connectivity index (χ3n) is 5.11. The summed E-state index contributed by atoms with van der Waals surface area (Å²) in [7, 11) is 1.84. The number of guanidine groups is 1. The van der Waals surface area contributed by atoms with Crippen LogP contribution in [-0.4, -0.2) is 73.7 Å². The molecule has 0 aromatic carbocycles. The second-order valence-corrected chi connectivity index (χ2v) is 8.28. The Balaban J connectivity index is 1.47. The Bertz CT molecular complexity index is 601. The Hall–Kier alpha value is -1.60. The van der Waals surface area contributed by atoms with Crippen LogP contribution < -0.4 is 5.32 Å².